The van der Waals surface area contributed by atoms with Gasteiger partial charge in [-0.25, -0.2) is 4.79 Å². The van der Waals surface area contributed by atoms with E-state index in [4.69, 9.17) is 19.0 Å². The van der Waals surface area contributed by atoms with E-state index >= 15 is 0 Å². The molecule has 0 radical (unpaired) electrons. The van der Waals surface area contributed by atoms with Crippen molar-refractivity contribution < 1.29 is 23.8 Å². The molecule has 0 saturated heterocycles. The molecule has 0 aliphatic rings. The lowest BCUT2D eigenvalue weighted by Gasteiger charge is -2.10. The monoisotopic (exact) mass is 263 g/mol. The van der Waals surface area contributed by atoms with E-state index in [9.17, 15) is 4.79 Å². The molecule has 0 unspecified atom stereocenters. The number of carbonyl (C=O) groups is 1. The zero-order valence-electron chi connectivity index (χ0n) is 10.5. The van der Waals surface area contributed by atoms with Crippen molar-refractivity contribution in [1.29, 1.82) is 0 Å². The van der Waals surface area contributed by atoms with Gasteiger partial charge in [0.1, 0.15) is 11.5 Å². The standard InChI is InChI=1S/C13H13NO5/c1-17-8-3-4-10(18-2)9(7-8)14-12-6-5-11(19-12)13(15)16/h3-7,14H,1-2H3,(H,15,16). The molecule has 6 heteroatoms. The van der Waals surface area contributed by atoms with Gasteiger partial charge in [-0.3, -0.25) is 0 Å². The summed E-state index contributed by atoms with van der Waals surface area (Å²) >= 11 is 0. The molecule has 6 nitrogen and oxygen atoms in total. The maximum absolute atomic E-state index is 10.7. The number of hydrogen-bond acceptors (Lipinski definition) is 5. The van der Waals surface area contributed by atoms with E-state index in [1.165, 1.54) is 19.2 Å². The zero-order valence-corrected chi connectivity index (χ0v) is 10.5. The molecule has 0 aliphatic heterocycles. The van der Waals surface area contributed by atoms with Gasteiger partial charge >= 0.3 is 5.97 Å². The van der Waals surface area contributed by atoms with Crippen molar-refractivity contribution in [1.82, 2.24) is 0 Å². The van der Waals surface area contributed by atoms with Gasteiger partial charge in [0.15, 0.2) is 5.88 Å². The third-order valence-corrected chi connectivity index (χ3v) is 2.48. The van der Waals surface area contributed by atoms with E-state index < -0.39 is 5.97 Å². The molecular weight excluding hydrogens is 250 g/mol. The highest BCUT2D eigenvalue weighted by Crippen LogP contribution is 2.31. The highest BCUT2D eigenvalue weighted by molar-refractivity contribution is 5.85. The fraction of sp³-hybridized carbons (Fsp3) is 0.154. The van der Waals surface area contributed by atoms with Crippen LogP contribution in [0.15, 0.2) is 34.7 Å². The van der Waals surface area contributed by atoms with Crippen LogP contribution in [-0.4, -0.2) is 25.3 Å². The number of rotatable bonds is 5. The average Bonchev–Trinajstić information content (AvgIpc) is 2.87. The van der Waals surface area contributed by atoms with Crippen LogP contribution in [0, 0.1) is 0 Å². The summed E-state index contributed by atoms with van der Waals surface area (Å²) in [5.74, 6) is 0.293. The van der Waals surface area contributed by atoms with Gasteiger partial charge in [0.25, 0.3) is 0 Å². The first-order valence-electron chi connectivity index (χ1n) is 5.46. The van der Waals surface area contributed by atoms with E-state index in [0.29, 0.717) is 23.1 Å². The van der Waals surface area contributed by atoms with Gasteiger partial charge < -0.3 is 24.3 Å². The SMILES string of the molecule is COc1ccc(OC)c(Nc2ccc(C(=O)O)o2)c1. The van der Waals surface area contributed by atoms with Gasteiger partial charge in [-0.05, 0) is 18.2 Å². The van der Waals surface area contributed by atoms with Crippen molar-refractivity contribution in [2.45, 2.75) is 0 Å². The number of carboxylic acids is 1. The van der Waals surface area contributed by atoms with E-state index in [2.05, 4.69) is 5.32 Å². The Morgan fingerprint density at radius 1 is 1.21 bits per heavy atom. The van der Waals surface area contributed by atoms with E-state index in [1.54, 1.807) is 25.3 Å². The van der Waals surface area contributed by atoms with E-state index in [0.717, 1.165) is 0 Å². The molecule has 1 heterocycles. The predicted molar refractivity (Wildman–Crippen MR) is 68.5 cm³/mol. The molecule has 100 valence electrons. The minimum atomic E-state index is -1.12. The first kappa shape index (κ1) is 12.8. The maximum atomic E-state index is 10.7. The number of furan rings is 1. The lowest BCUT2D eigenvalue weighted by molar-refractivity contribution is 0.0663. The molecule has 1 aromatic heterocycles. The number of ether oxygens (including phenoxy) is 2. The summed E-state index contributed by atoms with van der Waals surface area (Å²) in [6.45, 7) is 0. The lowest BCUT2D eigenvalue weighted by Crippen LogP contribution is -1.95. The third-order valence-electron chi connectivity index (χ3n) is 2.48. The van der Waals surface area contributed by atoms with Crippen LogP contribution in [0.3, 0.4) is 0 Å². The summed E-state index contributed by atoms with van der Waals surface area (Å²) in [7, 11) is 3.10. The first-order chi connectivity index (χ1) is 9.13. The molecule has 0 spiro atoms. The minimum Gasteiger partial charge on any atom is -0.497 e. The van der Waals surface area contributed by atoms with E-state index in [-0.39, 0.29) is 5.76 Å². The number of carboxylic acid groups (broad SMARTS) is 1. The van der Waals surface area contributed by atoms with Crippen LogP contribution in [0.25, 0.3) is 0 Å². The van der Waals surface area contributed by atoms with Crippen LogP contribution in [0.5, 0.6) is 11.5 Å². The maximum Gasteiger partial charge on any atom is 0.371 e. The van der Waals surface area contributed by atoms with Gasteiger partial charge in [0, 0.05) is 12.1 Å². The Morgan fingerprint density at radius 2 is 2.00 bits per heavy atom. The minimum absolute atomic E-state index is 0.135. The second-order valence-electron chi connectivity index (χ2n) is 3.66. The smallest absolute Gasteiger partial charge is 0.371 e. The summed E-state index contributed by atoms with van der Waals surface area (Å²) in [6, 6.07) is 8.12. The Hall–Kier alpha value is -2.63. The fourth-order valence-electron chi connectivity index (χ4n) is 1.56. The first-order valence-corrected chi connectivity index (χ1v) is 5.46. The molecule has 0 saturated carbocycles. The number of nitrogens with one attached hydrogen (secondary N) is 1. The van der Waals surface area contributed by atoms with Crippen LogP contribution in [-0.2, 0) is 0 Å². The fourth-order valence-corrected chi connectivity index (χ4v) is 1.56. The lowest BCUT2D eigenvalue weighted by atomic mass is 10.2. The second-order valence-corrected chi connectivity index (χ2v) is 3.66. The molecular formula is C13H13NO5. The predicted octanol–water partition coefficient (Wildman–Crippen LogP) is 2.74. The van der Waals surface area contributed by atoms with Crippen LogP contribution in [0.2, 0.25) is 0 Å². The van der Waals surface area contributed by atoms with Crippen LogP contribution < -0.4 is 14.8 Å². The number of methoxy groups -OCH3 is 2. The van der Waals surface area contributed by atoms with Gasteiger partial charge in [-0.15, -0.1) is 0 Å². The molecule has 2 N–H and O–H groups in total. The molecule has 0 fully saturated rings. The number of benzene rings is 1. The number of anilines is 2. The third kappa shape index (κ3) is 2.79. The van der Waals surface area contributed by atoms with Crippen molar-refractivity contribution in [3.05, 3.63) is 36.1 Å². The quantitative estimate of drug-likeness (QED) is 0.863. The highest BCUT2D eigenvalue weighted by Gasteiger charge is 2.11. The summed E-state index contributed by atoms with van der Waals surface area (Å²) < 4.78 is 15.4. The summed E-state index contributed by atoms with van der Waals surface area (Å²) in [6.07, 6.45) is 0. The van der Waals surface area contributed by atoms with Crippen molar-refractivity contribution >= 4 is 17.5 Å². The second kappa shape index (κ2) is 5.34. The number of hydrogen-bond donors (Lipinski definition) is 2. The molecule has 0 amide bonds. The topological polar surface area (TPSA) is 80.9 Å². The highest BCUT2D eigenvalue weighted by atomic mass is 16.5. The van der Waals surface area contributed by atoms with Crippen molar-refractivity contribution in [3.8, 4) is 11.5 Å². The molecule has 1 aromatic carbocycles. The Morgan fingerprint density at radius 3 is 2.58 bits per heavy atom. The van der Waals surface area contributed by atoms with Crippen molar-refractivity contribution in [2.75, 3.05) is 19.5 Å². The van der Waals surface area contributed by atoms with Crippen LogP contribution >= 0.6 is 0 Å². The molecule has 0 atom stereocenters. The average molecular weight is 263 g/mol. The molecule has 0 bridgehead atoms. The van der Waals surface area contributed by atoms with Gasteiger partial charge in [0.2, 0.25) is 5.76 Å². The largest absolute Gasteiger partial charge is 0.497 e. The Bertz CT molecular complexity index is 590. The van der Waals surface area contributed by atoms with Crippen molar-refractivity contribution in [2.24, 2.45) is 0 Å². The molecule has 2 aromatic rings. The Balaban J connectivity index is 2.27. The summed E-state index contributed by atoms with van der Waals surface area (Å²) in [5.41, 5.74) is 0.619. The number of aromatic carboxylic acids is 1. The van der Waals surface area contributed by atoms with Crippen molar-refractivity contribution in [3.63, 3.8) is 0 Å². The summed E-state index contributed by atoms with van der Waals surface area (Å²) in [5, 5.41) is 11.7. The zero-order chi connectivity index (χ0) is 13.8. The van der Waals surface area contributed by atoms with Crippen LogP contribution in [0.4, 0.5) is 11.6 Å². The van der Waals surface area contributed by atoms with Crippen LogP contribution in [0.1, 0.15) is 10.6 Å². The van der Waals surface area contributed by atoms with Gasteiger partial charge in [0.05, 0.1) is 19.9 Å². The normalized spacial score (nSPS) is 10.0. The Labute approximate surface area is 109 Å². The van der Waals surface area contributed by atoms with E-state index in [1.807, 2.05) is 0 Å². The summed E-state index contributed by atoms with van der Waals surface area (Å²) in [4.78, 5) is 10.7. The van der Waals surface area contributed by atoms with Gasteiger partial charge in [-0.2, -0.15) is 0 Å². The van der Waals surface area contributed by atoms with Gasteiger partial charge in [-0.1, -0.05) is 0 Å². The molecule has 0 aliphatic carbocycles. The molecule has 2 rings (SSSR count). The Kier molecular flexibility index (Phi) is 3.61. The molecule has 19 heavy (non-hydrogen) atoms.